The van der Waals surface area contributed by atoms with Crippen molar-refractivity contribution in [2.45, 2.75) is 6.43 Å². The van der Waals surface area contributed by atoms with Crippen LogP contribution in [0.4, 0.5) is 8.78 Å². The van der Waals surface area contributed by atoms with Gasteiger partial charge in [-0.15, -0.1) is 0 Å². The predicted octanol–water partition coefficient (Wildman–Crippen LogP) is 1.19. The number of halogens is 2. The third-order valence-corrected chi connectivity index (χ3v) is 1.63. The standard InChI is InChI=1S/C8H6F2N2O2/c1-14-6-4(2-11)5(7(9)10)3-12-8(6)13/h3,7H,1H3,(H,12,13). The molecule has 0 saturated carbocycles. The van der Waals surface area contributed by atoms with E-state index in [-0.39, 0.29) is 5.75 Å². The Hall–Kier alpha value is -1.90. The Labute approximate surface area is 77.7 Å². The molecule has 0 amide bonds. The third kappa shape index (κ3) is 1.57. The van der Waals surface area contributed by atoms with E-state index >= 15 is 0 Å². The van der Waals surface area contributed by atoms with E-state index in [1.165, 1.54) is 6.07 Å². The first kappa shape index (κ1) is 10.2. The van der Waals surface area contributed by atoms with Gasteiger partial charge in [0.25, 0.3) is 12.0 Å². The van der Waals surface area contributed by atoms with Gasteiger partial charge in [0.1, 0.15) is 11.6 Å². The maximum atomic E-state index is 12.3. The summed E-state index contributed by atoms with van der Waals surface area (Å²) in [5.74, 6) is -0.384. The molecular formula is C8H6F2N2O2. The van der Waals surface area contributed by atoms with Crippen LogP contribution in [0.15, 0.2) is 11.0 Å². The number of H-pyrrole nitrogens is 1. The minimum atomic E-state index is -2.82. The number of hydrogen-bond acceptors (Lipinski definition) is 3. The molecule has 0 fully saturated rings. The van der Waals surface area contributed by atoms with Crippen LogP contribution in [0.3, 0.4) is 0 Å². The van der Waals surface area contributed by atoms with Crippen LogP contribution in [0, 0.1) is 11.3 Å². The Kier molecular flexibility index (Phi) is 2.82. The molecule has 0 aromatic carbocycles. The van der Waals surface area contributed by atoms with Crippen molar-refractivity contribution in [1.82, 2.24) is 4.98 Å². The summed E-state index contributed by atoms with van der Waals surface area (Å²) in [5, 5.41) is 8.59. The molecule has 0 aliphatic rings. The smallest absolute Gasteiger partial charge is 0.291 e. The fourth-order valence-corrected chi connectivity index (χ4v) is 1.01. The van der Waals surface area contributed by atoms with Crippen LogP contribution in [-0.4, -0.2) is 12.1 Å². The van der Waals surface area contributed by atoms with E-state index < -0.39 is 23.1 Å². The van der Waals surface area contributed by atoms with Crippen molar-refractivity contribution in [2.24, 2.45) is 0 Å². The van der Waals surface area contributed by atoms with Crippen molar-refractivity contribution < 1.29 is 13.5 Å². The number of nitriles is 1. The summed E-state index contributed by atoms with van der Waals surface area (Å²) in [6.07, 6.45) is -2.01. The number of hydrogen-bond donors (Lipinski definition) is 1. The van der Waals surface area contributed by atoms with Gasteiger partial charge in [-0.05, 0) is 0 Å². The SMILES string of the molecule is COc1c(C#N)c(C(F)F)c[nH]c1=O. The number of nitrogens with one attached hydrogen (secondary N) is 1. The molecule has 74 valence electrons. The molecule has 0 atom stereocenters. The number of nitrogens with zero attached hydrogens (tertiary/aromatic N) is 1. The fraction of sp³-hybridized carbons (Fsp3) is 0.250. The normalized spacial score (nSPS) is 9.93. The van der Waals surface area contributed by atoms with Gasteiger partial charge in [-0.2, -0.15) is 5.26 Å². The molecule has 0 bridgehead atoms. The highest BCUT2D eigenvalue weighted by molar-refractivity contribution is 5.47. The molecular weight excluding hydrogens is 194 g/mol. The molecule has 0 saturated heterocycles. The first-order valence-electron chi connectivity index (χ1n) is 3.59. The zero-order chi connectivity index (χ0) is 10.7. The van der Waals surface area contributed by atoms with Crippen LogP contribution in [0.1, 0.15) is 17.6 Å². The highest BCUT2D eigenvalue weighted by Crippen LogP contribution is 2.25. The quantitative estimate of drug-likeness (QED) is 0.779. The summed E-state index contributed by atoms with van der Waals surface area (Å²) in [7, 11) is 1.14. The van der Waals surface area contributed by atoms with E-state index in [1.54, 1.807) is 0 Å². The minimum absolute atomic E-state index is 0.384. The lowest BCUT2D eigenvalue weighted by Crippen LogP contribution is -2.12. The predicted molar refractivity (Wildman–Crippen MR) is 43.3 cm³/mol. The Morgan fingerprint density at radius 2 is 2.29 bits per heavy atom. The Morgan fingerprint density at radius 1 is 1.64 bits per heavy atom. The van der Waals surface area contributed by atoms with Crippen molar-refractivity contribution in [1.29, 1.82) is 5.26 Å². The lowest BCUT2D eigenvalue weighted by atomic mass is 10.1. The van der Waals surface area contributed by atoms with E-state index in [9.17, 15) is 13.6 Å². The maximum absolute atomic E-state index is 12.3. The Morgan fingerprint density at radius 3 is 2.71 bits per heavy atom. The van der Waals surface area contributed by atoms with Gasteiger partial charge in [0.15, 0.2) is 0 Å². The molecule has 4 nitrogen and oxygen atoms in total. The number of aromatic nitrogens is 1. The molecule has 1 rings (SSSR count). The van der Waals surface area contributed by atoms with Gasteiger partial charge in [-0.3, -0.25) is 4.79 Å². The summed E-state index contributed by atoms with van der Waals surface area (Å²) in [5.41, 5.74) is -1.66. The molecule has 1 aromatic rings. The molecule has 1 aromatic heterocycles. The maximum Gasteiger partial charge on any atom is 0.291 e. The number of pyridine rings is 1. The fourth-order valence-electron chi connectivity index (χ4n) is 1.01. The molecule has 0 spiro atoms. The number of methoxy groups -OCH3 is 1. The van der Waals surface area contributed by atoms with Crippen molar-refractivity contribution in [3.63, 3.8) is 0 Å². The first-order chi connectivity index (χ1) is 6.61. The van der Waals surface area contributed by atoms with Gasteiger partial charge in [-0.25, -0.2) is 8.78 Å². The molecule has 0 aliphatic heterocycles. The van der Waals surface area contributed by atoms with Crippen LogP contribution in [-0.2, 0) is 0 Å². The van der Waals surface area contributed by atoms with Crippen LogP contribution < -0.4 is 10.3 Å². The van der Waals surface area contributed by atoms with Gasteiger partial charge in [0.2, 0.25) is 5.75 Å². The van der Waals surface area contributed by atoms with Crippen molar-refractivity contribution in [3.05, 3.63) is 27.7 Å². The summed E-state index contributed by atoms with van der Waals surface area (Å²) >= 11 is 0. The van der Waals surface area contributed by atoms with Crippen LogP contribution in [0.25, 0.3) is 0 Å². The average molecular weight is 200 g/mol. The monoisotopic (exact) mass is 200 g/mol. The van der Waals surface area contributed by atoms with E-state index in [1.807, 2.05) is 0 Å². The highest BCUT2D eigenvalue weighted by Gasteiger charge is 2.19. The van der Waals surface area contributed by atoms with Gasteiger partial charge >= 0.3 is 0 Å². The zero-order valence-corrected chi connectivity index (χ0v) is 7.17. The van der Waals surface area contributed by atoms with Gasteiger partial charge in [-0.1, -0.05) is 0 Å². The molecule has 6 heteroatoms. The second-order valence-corrected chi connectivity index (χ2v) is 2.39. The number of alkyl halides is 2. The van der Waals surface area contributed by atoms with Gasteiger partial charge in [0, 0.05) is 6.20 Å². The molecule has 1 heterocycles. The van der Waals surface area contributed by atoms with Crippen LogP contribution >= 0.6 is 0 Å². The summed E-state index contributed by atoms with van der Waals surface area (Å²) < 4.78 is 29.2. The number of ether oxygens (including phenoxy) is 1. The minimum Gasteiger partial charge on any atom is -0.490 e. The second kappa shape index (κ2) is 3.87. The molecule has 0 radical (unpaired) electrons. The highest BCUT2D eigenvalue weighted by atomic mass is 19.3. The van der Waals surface area contributed by atoms with Crippen molar-refractivity contribution in [3.8, 4) is 11.8 Å². The lowest BCUT2D eigenvalue weighted by Gasteiger charge is -2.05. The number of rotatable bonds is 2. The average Bonchev–Trinajstić information content (AvgIpc) is 2.16. The topological polar surface area (TPSA) is 65.9 Å². The van der Waals surface area contributed by atoms with E-state index in [4.69, 9.17) is 5.26 Å². The molecule has 1 N–H and O–H groups in total. The van der Waals surface area contributed by atoms with Crippen molar-refractivity contribution >= 4 is 0 Å². The van der Waals surface area contributed by atoms with Gasteiger partial charge < -0.3 is 9.72 Å². The second-order valence-electron chi connectivity index (χ2n) is 2.39. The summed E-state index contributed by atoms with van der Waals surface area (Å²) in [6, 6.07) is 1.51. The summed E-state index contributed by atoms with van der Waals surface area (Å²) in [6.45, 7) is 0. The van der Waals surface area contributed by atoms with Crippen LogP contribution in [0.2, 0.25) is 0 Å². The molecule has 14 heavy (non-hydrogen) atoms. The van der Waals surface area contributed by atoms with E-state index in [2.05, 4.69) is 9.72 Å². The third-order valence-electron chi connectivity index (χ3n) is 1.63. The van der Waals surface area contributed by atoms with E-state index in [0.29, 0.717) is 0 Å². The van der Waals surface area contributed by atoms with Crippen molar-refractivity contribution in [2.75, 3.05) is 7.11 Å². The zero-order valence-electron chi connectivity index (χ0n) is 7.17. The van der Waals surface area contributed by atoms with Crippen LogP contribution in [0.5, 0.6) is 5.75 Å². The van der Waals surface area contributed by atoms with E-state index in [0.717, 1.165) is 13.3 Å². The molecule has 0 aliphatic carbocycles. The Bertz CT molecular complexity index is 434. The Balaban J connectivity index is 3.51. The largest absolute Gasteiger partial charge is 0.490 e. The van der Waals surface area contributed by atoms with Gasteiger partial charge in [0.05, 0.1) is 12.7 Å². The first-order valence-corrected chi connectivity index (χ1v) is 3.59. The molecule has 0 unspecified atom stereocenters. The summed E-state index contributed by atoms with van der Waals surface area (Å²) in [4.78, 5) is 13.1. The number of aromatic amines is 1. The lowest BCUT2D eigenvalue weighted by molar-refractivity contribution is 0.150.